The Morgan fingerprint density at radius 3 is 2.81 bits per heavy atom. The van der Waals surface area contributed by atoms with Gasteiger partial charge in [-0.15, -0.1) is 10.2 Å². The predicted octanol–water partition coefficient (Wildman–Crippen LogP) is 4.54. The lowest BCUT2D eigenvalue weighted by molar-refractivity contribution is -0.134. The van der Waals surface area contributed by atoms with Gasteiger partial charge in [0.05, 0.1) is 0 Å². The fourth-order valence-corrected chi connectivity index (χ4v) is 4.55. The summed E-state index contributed by atoms with van der Waals surface area (Å²) in [7, 11) is 0. The molecule has 1 aromatic heterocycles. The number of carbonyl (C=O) groups excluding carboxylic acids is 2. The van der Waals surface area contributed by atoms with Crippen LogP contribution in [0, 0.1) is 6.92 Å². The van der Waals surface area contributed by atoms with E-state index in [0.29, 0.717) is 34.6 Å². The fraction of sp³-hybridized carbons (Fsp3) is 0.304. The van der Waals surface area contributed by atoms with Crippen molar-refractivity contribution in [1.82, 2.24) is 15.1 Å². The summed E-state index contributed by atoms with van der Waals surface area (Å²) in [6.45, 7) is 3.22. The Morgan fingerprint density at radius 2 is 2.03 bits per heavy atom. The average molecular weight is 471 g/mol. The largest absolute Gasteiger partial charge is 0.484 e. The highest BCUT2D eigenvalue weighted by atomic mass is 35.5. The zero-order valence-electron chi connectivity index (χ0n) is 17.6. The van der Waals surface area contributed by atoms with E-state index in [4.69, 9.17) is 16.3 Å². The van der Waals surface area contributed by atoms with Crippen molar-refractivity contribution in [2.24, 2.45) is 0 Å². The third-order valence-electron chi connectivity index (χ3n) is 5.21. The maximum Gasteiger partial charge on any atom is 0.286 e. The molecule has 0 aliphatic carbocycles. The van der Waals surface area contributed by atoms with Crippen LogP contribution in [-0.4, -0.2) is 46.6 Å². The van der Waals surface area contributed by atoms with Crippen LogP contribution in [0.2, 0.25) is 5.02 Å². The zero-order valence-corrected chi connectivity index (χ0v) is 19.2. The summed E-state index contributed by atoms with van der Waals surface area (Å²) in [6.07, 6.45) is 1.77. The molecule has 0 unspecified atom stereocenters. The van der Waals surface area contributed by atoms with Crippen molar-refractivity contribution in [3.8, 4) is 5.75 Å². The Balaban J connectivity index is 1.34. The molecule has 1 aliphatic rings. The normalized spacial score (nSPS) is 15.9. The number of aromatic nitrogens is 2. The van der Waals surface area contributed by atoms with Gasteiger partial charge in [-0.05, 0) is 61.7 Å². The SMILES string of the molecule is Cc1cccc(OCC(=O)N2CCC[C@@H](c3nnc(C(=O)Nc4ccc(Cl)cc4)s3)C2)c1. The number of piperidine rings is 1. The summed E-state index contributed by atoms with van der Waals surface area (Å²) >= 11 is 7.14. The number of ether oxygens (including phenoxy) is 1. The number of benzene rings is 2. The highest BCUT2D eigenvalue weighted by Crippen LogP contribution is 2.29. The number of rotatable bonds is 6. The number of nitrogens with zero attached hydrogens (tertiary/aromatic N) is 3. The summed E-state index contributed by atoms with van der Waals surface area (Å²) < 4.78 is 5.66. The van der Waals surface area contributed by atoms with E-state index in [2.05, 4.69) is 15.5 Å². The summed E-state index contributed by atoms with van der Waals surface area (Å²) in [5.74, 6) is 0.376. The number of hydrogen-bond acceptors (Lipinski definition) is 6. The van der Waals surface area contributed by atoms with Crippen molar-refractivity contribution in [1.29, 1.82) is 0 Å². The Morgan fingerprint density at radius 1 is 1.22 bits per heavy atom. The van der Waals surface area contributed by atoms with Crippen LogP contribution < -0.4 is 10.1 Å². The topological polar surface area (TPSA) is 84.4 Å². The van der Waals surface area contributed by atoms with Gasteiger partial charge in [-0.1, -0.05) is 35.1 Å². The van der Waals surface area contributed by atoms with Gasteiger partial charge in [0, 0.05) is 29.7 Å². The van der Waals surface area contributed by atoms with E-state index in [1.165, 1.54) is 11.3 Å². The molecular weight excluding hydrogens is 448 g/mol. The van der Waals surface area contributed by atoms with Gasteiger partial charge in [-0.25, -0.2) is 0 Å². The van der Waals surface area contributed by atoms with Gasteiger partial charge in [-0.3, -0.25) is 9.59 Å². The fourth-order valence-electron chi connectivity index (χ4n) is 3.56. The van der Waals surface area contributed by atoms with Gasteiger partial charge in [0.1, 0.15) is 10.8 Å². The van der Waals surface area contributed by atoms with Crippen LogP contribution in [-0.2, 0) is 4.79 Å². The van der Waals surface area contributed by atoms with E-state index in [1.54, 1.807) is 29.2 Å². The maximum atomic E-state index is 12.7. The molecule has 1 fully saturated rings. The molecule has 4 rings (SSSR count). The van der Waals surface area contributed by atoms with Crippen LogP contribution in [0.4, 0.5) is 5.69 Å². The third-order valence-corrected chi connectivity index (χ3v) is 6.55. The number of nitrogens with one attached hydrogen (secondary N) is 1. The number of likely N-dealkylation sites (tertiary alicyclic amines) is 1. The van der Waals surface area contributed by atoms with Crippen LogP contribution in [0.1, 0.15) is 39.1 Å². The minimum absolute atomic E-state index is 0.00103. The molecular formula is C23H23ClN4O3S. The van der Waals surface area contributed by atoms with E-state index in [1.807, 2.05) is 31.2 Å². The maximum absolute atomic E-state index is 12.7. The molecule has 1 saturated heterocycles. The average Bonchev–Trinajstić information content (AvgIpc) is 3.30. The van der Waals surface area contributed by atoms with Crippen molar-refractivity contribution in [3.63, 3.8) is 0 Å². The highest BCUT2D eigenvalue weighted by molar-refractivity contribution is 7.13. The first-order valence-electron chi connectivity index (χ1n) is 10.4. The molecule has 7 nitrogen and oxygen atoms in total. The first-order chi connectivity index (χ1) is 15.5. The van der Waals surface area contributed by atoms with Gasteiger partial charge in [0.15, 0.2) is 6.61 Å². The second kappa shape index (κ2) is 10.1. The van der Waals surface area contributed by atoms with Crippen molar-refractivity contribution in [2.45, 2.75) is 25.7 Å². The van der Waals surface area contributed by atoms with E-state index in [9.17, 15) is 9.59 Å². The predicted molar refractivity (Wildman–Crippen MR) is 125 cm³/mol. The van der Waals surface area contributed by atoms with Crippen molar-refractivity contribution >= 4 is 40.4 Å². The second-order valence-corrected chi connectivity index (χ2v) is 9.14. The van der Waals surface area contributed by atoms with Crippen LogP contribution in [0.3, 0.4) is 0 Å². The first-order valence-corrected chi connectivity index (χ1v) is 11.5. The van der Waals surface area contributed by atoms with Gasteiger partial charge in [0.25, 0.3) is 11.8 Å². The molecule has 166 valence electrons. The molecule has 3 aromatic rings. The van der Waals surface area contributed by atoms with Gasteiger partial charge in [-0.2, -0.15) is 0 Å². The lowest BCUT2D eigenvalue weighted by Crippen LogP contribution is -2.41. The number of amides is 2. The summed E-state index contributed by atoms with van der Waals surface area (Å²) in [5.41, 5.74) is 1.72. The Bertz CT molecular complexity index is 1100. The molecule has 0 spiro atoms. The zero-order chi connectivity index (χ0) is 22.5. The van der Waals surface area contributed by atoms with Crippen LogP contribution in [0.25, 0.3) is 0 Å². The molecule has 1 atom stereocenters. The standard InChI is InChI=1S/C23H23ClN4O3S/c1-15-4-2-6-19(12-15)31-14-20(29)28-11-3-5-16(13-28)22-26-27-23(32-22)21(30)25-18-9-7-17(24)8-10-18/h2,4,6-10,12,16H,3,5,11,13-14H2,1H3,(H,25,30)/t16-/m1/s1. The minimum Gasteiger partial charge on any atom is -0.484 e. The number of carbonyl (C=O) groups is 2. The molecule has 2 heterocycles. The molecule has 0 radical (unpaired) electrons. The molecule has 1 N–H and O–H groups in total. The lowest BCUT2D eigenvalue weighted by atomic mass is 9.99. The number of anilines is 1. The minimum atomic E-state index is -0.314. The van der Waals surface area contributed by atoms with Gasteiger partial charge >= 0.3 is 0 Å². The van der Waals surface area contributed by atoms with E-state index < -0.39 is 0 Å². The van der Waals surface area contributed by atoms with Crippen molar-refractivity contribution < 1.29 is 14.3 Å². The molecule has 1 aliphatic heterocycles. The molecule has 9 heteroatoms. The van der Waals surface area contributed by atoms with E-state index in [-0.39, 0.29) is 24.3 Å². The van der Waals surface area contributed by atoms with Crippen molar-refractivity contribution in [3.05, 3.63) is 69.1 Å². The molecule has 2 aromatic carbocycles. The molecule has 2 amide bonds. The quantitative estimate of drug-likeness (QED) is 0.571. The summed E-state index contributed by atoms with van der Waals surface area (Å²) in [6, 6.07) is 14.5. The Labute approximate surface area is 195 Å². The summed E-state index contributed by atoms with van der Waals surface area (Å²) in [4.78, 5) is 27.0. The highest BCUT2D eigenvalue weighted by Gasteiger charge is 2.28. The Hall–Kier alpha value is -2.97. The third kappa shape index (κ3) is 5.63. The summed E-state index contributed by atoms with van der Waals surface area (Å²) in [5, 5.41) is 12.7. The van der Waals surface area contributed by atoms with Gasteiger partial charge < -0.3 is 15.0 Å². The van der Waals surface area contributed by atoms with Crippen LogP contribution in [0.15, 0.2) is 48.5 Å². The van der Waals surface area contributed by atoms with Crippen molar-refractivity contribution in [2.75, 3.05) is 25.0 Å². The smallest absolute Gasteiger partial charge is 0.286 e. The van der Waals surface area contributed by atoms with E-state index >= 15 is 0 Å². The molecule has 32 heavy (non-hydrogen) atoms. The number of aryl methyl sites for hydroxylation is 1. The first kappa shape index (κ1) is 22.2. The van der Waals surface area contributed by atoms with Gasteiger partial charge in [0.2, 0.25) is 5.01 Å². The second-order valence-electron chi connectivity index (χ2n) is 7.69. The van der Waals surface area contributed by atoms with E-state index in [0.717, 1.165) is 23.4 Å². The number of hydrogen-bond donors (Lipinski definition) is 1. The molecule has 0 bridgehead atoms. The number of halogens is 1. The molecule has 0 saturated carbocycles. The van der Waals surface area contributed by atoms with Crippen LogP contribution >= 0.6 is 22.9 Å². The van der Waals surface area contributed by atoms with Crippen LogP contribution in [0.5, 0.6) is 5.75 Å². The Kier molecular flexibility index (Phi) is 7.02. The monoisotopic (exact) mass is 470 g/mol. The lowest BCUT2D eigenvalue weighted by Gasteiger charge is -2.31.